The number of allylic oxidation sites excluding steroid dienone is 1. The number of hydrogen-bond donors (Lipinski definition) is 2. The molecule has 4 rings (SSSR count). The summed E-state index contributed by atoms with van der Waals surface area (Å²) in [6.07, 6.45) is 10.5. The first kappa shape index (κ1) is 21.0. The molecule has 1 aliphatic carbocycles. The van der Waals surface area contributed by atoms with Crippen molar-refractivity contribution in [2.45, 2.75) is 31.1 Å². The third-order valence-corrected chi connectivity index (χ3v) is 5.91. The Kier molecular flexibility index (Phi) is 6.26. The molecule has 2 aromatic carbocycles. The molecule has 6 heteroatoms. The SMILES string of the molecule is O=C(/C=C/[C@@H]1CC1(c1ccc(F)cc1)c1ccc(F)cc1)NCCCCc1ncc[nH]1. The molecule has 2 N–H and O–H groups in total. The topological polar surface area (TPSA) is 57.8 Å². The molecule has 1 amide bonds. The van der Waals surface area contributed by atoms with E-state index < -0.39 is 0 Å². The third kappa shape index (κ3) is 4.90. The number of aromatic nitrogens is 2. The Morgan fingerprint density at radius 3 is 2.29 bits per heavy atom. The van der Waals surface area contributed by atoms with Crippen molar-refractivity contribution in [3.8, 4) is 0 Å². The van der Waals surface area contributed by atoms with Crippen LogP contribution in [0.15, 0.2) is 73.1 Å². The van der Waals surface area contributed by atoms with Crippen molar-refractivity contribution in [1.29, 1.82) is 0 Å². The quantitative estimate of drug-likeness (QED) is 0.389. The minimum absolute atomic E-state index is 0.0909. The Labute approximate surface area is 180 Å². The van der Waals surface area contributed by atoms with Crippen LogP contribution in [0.1, 0.15) is 36.2 Å². The van der Waals surface area contributed by atoms with Gasteiger partial charge in [-0.1, -0.05) is 30.3 Å². The zero-order valence-corrected chi connectivity index (χ0v) is 17.2. The lowest BCUT2D eigenvalue weighted by molar-refractivity contribution is -0.116. The van der Waals surface area contributed by atoms with Gasteiger partial charge in [-0.2, -0.15) is 0 Å². The highest BCUT2D eigenvalue weighted by Gasteiger charge is 2.55. The summed E-state index contributed by atoms with van der Waals surface area (Å²) in [6, 6.07) is 12.8. The summed E-state index contributed by atoms with van der Waals surface area (Å²) in [6.45, 7) is 0.607. The van der Waals surface area contributed by atoms with Gasteiger partial charge in [-0.05, 0) is 66.6 Å². The van der Waals surface area contributed by atoms with E-state index in [9.17, 15) is 13.6 Å². The number of benzene rings is 2. The Bertz CT molecular complexity index is 982. The first-order valence-corrected chi connectivity index (χ1v) is 10.5. The van der Waals surface area contributed by atoms with E-state index in [2.05, 4.69) is 15.3 Å². The number of amides is 1. The van der Waals surface area contributed by atoms with Crippen LogP contribution in [0, 0.1) is 17.6 Å². The van der Waals surface area contributed by atoms with Gasteiger partial charge in [-0.15, -0.1) is 0 Å². The first-order chi connectivity index (χ1) is 15.1. The van der Waals surface area contributed by atoms with Crippen LogP contribution in [0.5, 0.6) is 0 Å². The van der Waals surface area contributed by atoms with E-state index in [1.54, 1.807) is 42.7 Å². The molecule has 1 atom stereocenters. The standard InChI is InChI=1S/C25H25F2N3O/c26-21-9-4-18(5-10-21)25(19-6-11-22(27)12-7-19)17-20(25)8-13-24(31)30-14-2-1-3-23-28-15-16-29-23/h4-13,15-16,20H,1-3,14,17H2,(H,28,29)(H,30,31)/b13-8+/t20-/m1/s1. The van der Waals surface area contributed by atoms with Crippen molar-refractivity contribution in [3.05, 3.63) is 102 Å². The maximum atomic E-state index is 13.4. The third-order valence-electron chi connectivity index (χ3n) is 5.91. The predicted octanol–water partition coefficient (Wildman–Crippen LogP) is 4.69. The summed E-state index contributed by atoms with van der Waals surface area (Å²) in [4.78, 5) is 19.5. The highest BCUT2D eigenvalue weighted by molar-refractivity contribution is 5.87. The Balaban J connectivity index is 1.35. The molecule has 1 aromatic heterocycles. The van der Waals surface area contributed by atoms with E-state index >= 15 is 0 Å². The number of nitrogens with one attached hydrogen (secondary N) is 2. The van der Waals surface area contributed by atoms with Gasteiger partial charge >= 0.3 is 0 Å². The van der Waals surface area contributed by atoms with E-state index in [0.717, 1.165) is 42.6 Å². The molecule has 160 valence electrons. The van der Waals surface area contributed by atoms with Crippen LogP contribution in [-0.2, 0) is 16.6 Å². The van der Waals surface area contributed by atoms with E-state index in [1.165, 1.54) is 24.3 Å². The molecule has 0 unspecified atom stereocenters. The van der Waals surface area contributed by atoms with Crippen LogP contribution in [0.4, 0.5) is 8.78 Å². The smallest absolute Gasteiger partial charge is 0.243 e. The van der Waals surface area contributed by atoms with Gasteiger partial charge in [0.15, 0.2) is 0 Å². The maximum Gasteiger partial charge on any atom is 0.243 e. The minimum Gasteiger partial charge on any atom is -0.353 e. The number of aryl methyl sites for hydroxylation is 1. The summed E-state index contributed by atoms with van der Waals surface area (Å²) >= 11 is 0. The largest absolute Gasteiger partial charge is 0.353 e. The Morgan fingerprint density at radius 1 is 1.06 bits per heavy atom. The number of nitrogens with zero attached hydrogens (tertiary/aromatic N) is 1. The summed E-state index contributed by atoms with van der Waals surface area (Å²) in [5, 5.41) is 2.91. The fourth-order valence-electron chi connectivity index (χ4n) is 4.17. The number of H-pyrrole nitrogens is 1. The Hall–Kier alpha value is -3.28. The molecule has 4 nitrogen and oxygen atoms in total. The molecule has 0 bridgehead atoms. The van der Waals surface area contributed by atoms with Gasteiger partial charge in [0.1, 0.15) is 17.5 Å². The summed E-state index contributed by atoms with van der Waals surface area (Å²) < 4.78 is 26.9. The molecule has 31 heavy (non-hydrogen) atoms. The van der Waals surface area contributed by atoms with E-state index in [-0.39, 0.29) is 28.9 Å². The van der Waals surface area contributed by atoms with Crippen LogP contribution in [-0.4, -0.2) is 22.4 Å². The monoisotopic (exact) mass is 421 g/mol. The number of aromatic amines is 1. The number of rotatable bonds is 9. The molecule has 0 radical (unpaired) electrons. The van der Waals surface area contributed by atoms with Crippen molar-refractivity contribution in [3.63, 3.8) is 0 Å². The van der Waals surface area contributed by atoms with Crippen molar-refractivity contribution >= 4 is 5.91 Å². The molecule has 0 saturated heterocycles. The van der Waals surface area contributed by atoms with Crippen LogP contribution in [0.3, 0.4) is 0 Å². The van der Waals surface area contributed by atoms with E-state index in [1.807, 2.05) is 6.08 Å². The highest BCUT2D eigenvalue weighted by Crippen LogP contribution is 2.59. The van der Waals surface area contributed by atoms with Gasteiger partial charge in [0.2, 0.25) is 5.91 Å². The molecule has 0 spiro atoms. The van der Waals surface area contributed by atoms with Gasteiger partial charge in [-0.25, -0.2) is 13.8 Å². The lowest BCUT2D eigenvalue weighted by atomic mass is 9.85. The summed E-state index contributed by atoms with van der Waals surface area (Å²) in [5.74, 6) is 0.331. The molecule has 1 aliphatic rings. The van der Waals surface area contributed by atoms with Crippen LogP contribution < -0.4 is 5.32 Å². The molecule has 1 fully saturated rings. The van der Waals surface area contributed by atoms with Gasteiger partial charge < -0.3 is 10.3 Å². The highest BCUT2D eigenvalue weighted by atomic mass is 19.1. The second kappa shape index (κ2) is 9.25. The number of hydrogen-bond acceptors (Lipinski definition) is 2. The molecule has 1 heterocycles. The van der Waals surface area contributed by atoms with Gasteiger partial charge in [0, 0.05) is 30.8 Å². The summed E-state index contributed by atoms with van der Waals surface area (Å²) in [7, 11) is 0. The number of carbonyl (C=O) groups is 1. The second-order valence-electron chi connectivity index (χ2n) is 7.94. The van der Waals surface area contributed by atoms with Crippen LogP contribution in [0.25, 0.3) is 0 Å². The number of halogens is 2. The van der Waals surface area contributed by atoms with Gasteiger partial charge in [0.25, 0.3) is 0 Å². The second-order valence-corrected chi connectivity index (χ2v) is 7.94. The average Bonchev–Trinajstić information content (AvgIpc) is 3.26. The fourth-order valence-corrected chi connectivity index (χ4v) is 4.17. The number of imidazole rings is 1. The number of carbonyl (C=O) groups excluding carboxylic acids is 1. The lowest BCUT2D eigenvalue weighted by Crippen LogP contribution is -2.22. The normalized spacial score (nSPS) is 17.0. The molecular weight excluding hydrogens is 396 g/mol. The average molecular weight is 421 g/mol. The molecule has 0 aliphatic heterocycles. The van der Waals surface area contributed by atoms with Gasteiger partial charge in [0.05, 0.1) is 0 Å². The fraction of sp³-hybridized carbons (Fsp3) is 0.280. The zero-order chi connectivity index (χ0) is 21.7. The molecular formula is C25H25F2N3O. The first-order valence-electron chi connectivity index (χ1n) is 10.5. The van der Waals surface area contributed by atoms with Crippen LogP contribution in [0.2, 0.25) is 0 Å². The van der Waals surface area contributed by atoms with Crippen molar-refractivity contribution < 1.29 is 13.6 Å². The van der Waals surface area contributed by atoms with Gasteiger partial charge in [-0.3, -0.25) is 4.79 Å². The number of unbranched alkanes of at least 4 members (excludes halogenated alkanes) is 1. The van der Waals surface area contributed by atoms with Crippen molar-refractivity contribution in [2.75, 3.05) is 6.54 Å². The van der Waals surface area contributed by atoms with Crippen molar-refractivity contribution in [2.24, 2.45) is 5.92 Å². The Morgan fingerprint density at radius 2 is 1.71 bits per heavy atom. The lowest BCUT2D eigenvalue weighted by Gasteiger charge is -2.18. The van der Waals surface area contributed by atoms with Crippen LogP contribution >= 0.6 is 0 Å². The predicted molar refractivity (Wildman–Crippen MR) is 115 cm³/mol. The zero-order valence-electron chi connectivity index (χ0n) is 17.2. The maximum absolute atomic E-state index is 13.4. The molecule has 3 aromatic rings. The minimum atomic E-state index is -0.360. The molecule has 1 saturated carbocycles. The van der Waals surface area contributed by atoms with E-state index in [4.69, 9.17) is 0 Å². The van der Waals surface area contributed by atoms with Crippen molar-refractivity contribution in [1.82, 2.24) is 15.3 Å². The summed E-state index contributed by atoms with van der Waals surface area (Å²) in [5.41, 5.74) is 1.57. The van der Waals surface area contributed by atoms with E-state index in [0.29, 0.717) is 6.54 Å².